The lowest BCUT2D eigenvalue weighted by Gasteiger charge is -2.12. The van der Waals surface area contributed by atoms with Crippen LogP contribution in [0.1, 0.15) is 5.56 Å². The van der Waals surface area contributed by atoms with Gasteiger partial charge in [-0.1, -0.05) is 11.3 Å². The van der Waals surface area contributed by atoms with Crippen molar-refractivity contribution in [1.29, 1.82) is 0 Å². The van der Waals surface area contributed by atoms with E-state index in [9.17, 15) is 4.79 Å². The lowest BCUT2D eigenvalue weighted by molar-refractivity contribution is 0.324. The average molecular weight is 369 g/mol. The highest BCUT2D eigenvalue weighted by atomic mass is 32.1. The van der Waals surface area contributed by atoms with E-state index in [2.05, 4.69) is 9.97 Å². The van der Waals surface area contributed by atoms with Gasteiger partial charge in [-0.25, -0.2) is 14.4 Å². The van der Waals surface area contributed by atoms with Crippen LogP contribution in [0, 0.1) is 0 Å². The second-order valence-electron chi connectivity index (χ2n) is 5.45. The first kappa shape index (κ1) is 16.3. The normalized spacial score (nSPS) is 12.0. The van der Waals surface area contributed by atoms with Gasteiger partial charge >= 0.3 is 0 Å². The molecule has 0 spiro atoms. The summed E-state index contributed by atoms with van der Waals surface area (Å²) >= 11 is 1.31. The summed E-state index contributed by atoms with van der Waals surface area (Å²) in [5, 5.41) is 0. The Morgan fingerprint density at radius 3 is 2.50 bits per heavy atom. The van der Waals surface area contributed by atoms with Gasteiger partial charge < -0.3 is 14.2 Å². The van der Waals surface area contributed by atoms with Gasteiger partial charge in [0.2, 0.25) is 5.75 Å². The molecule has 0 amide bonds. The molecule has 7 nitrogen and oxygen atoms in total. The van der Waals surface area contributed by atoms with Crippen molar-refractivity contribution in [2.75, 3.05) is 21.3 Å². The Morgan fingerprint density at radius 1 is 1.12 bits per heavy atom. The second-order valence-corrected chi connectivity index (χ2v) is 6.46. The first-order valence-electron chi connectivity index (χ1n) is 7.74. The van der Waals surface area contributed by atoms with Crippen molar-refractivity contribution in [3.05, 3.63) is 50.9 Å². The van der Waals surface area contributed by atoms with Crippen LogP contribution in [0.3, 0.4) is 0 Å². The molecule has 0 saturated carbocycles. The van der Waals surface area contributed by atoms with Crippen LogP contribution in [-0.2, 0) is 0 Å². The van der Waals surface area contributed by atoms with Crippen molar-refractivity contribution in [1.82, 2.24) is 14.4 Å². The fourth-order valence-electron chi connectivity index (χ4n) is 2.82. The van der Waals surface area contributed by atoms with Gasteiger partial charge in [0.05, 0.1) is 25.9 Å². The summed E-state index contributed by atoms with van der Waals surface area (Å²) in [4.78, 5) is 22.2. The molecule has 0 aliphatic carbocycles. The molecule has 0 aliphatic rings. The summed E-state index contributed by atoms with van der Waals surface area (Å²) in [6, 6.07) is 7.22. The van der Waals surface area contributed by atoms with Gasteiger partial charge in [0, 0.05) is 6.20 Å². The fourth-order valence-corrected chi connectivity index (χ4v) is 3.80. The molecular weight excluding hydrogens is 354 g/mol. The largest absolute Gasteiger partial charge is 0.493 e. The van der Waals surface area contributed by atoms with Gasteiger partial charge in [0.1, 0.15) is 5.52 Å². The summed E-state index contributed by atoms with van der Waals surface area (Å²) in [6.07, 6.45) is 3.43. The molecule has 0 bridgehead atoms. The van der Waals surface area contributed by atoms with Gasteiger partial charge in [-0.15, -0.1) is 0 Å². The second kappa shape index (κ2) is 6.30. The van der Waals surface area contributed by atoms with Crippen molar-refractivity contribution in [2.24, 2.45) is 0 Å². The Bertz CT molecular complexity index is 1200. The summed E-state index contributed by atoms with van der Waals surface area (Å²) in [5.41, 5.74) is 1.88. The van der Waals surface area contributed by atoms with E-state index in [1.165, 1.54) is 15.7 Å². The molecule has 0 unspecified atom stereocenters. The van der Waals surface area contributed by atoms with E-state index in [-0.39, 0.29) is 5.56 Å². The van der Waals surface area contributed by atoms with Crippen LogP contribution in [0.25, 0.3) is 22.2 Å². The molecule has 3 aromatic heterocycles. The van der Waals surface area contributed by atoms with Crippen molar-refractivity contribution in [3.8, 4) is 17.2 Å². The Balaban J connectivity index is 1.94. The maximum absolute atomic E-state index is 12.8. The van der Waals surface area contributed by atoms with Crippen LogP contribution in [-0.4, -0.2) is 35.7 Å². The van der Waals surface area contributed by atoms with E-state index in [1.807, 2.05) is 6.07 Å². The Kier molecular flexibility index (Phi) is 3.96. The molecule has 0 aliphatic heterocycles. The number of nitrogens with zero attached hydrogens (tertiary/aromatic N) is 3. The maximum Gasteiger partial charge on any atom is 0.276 e. The molecule has 26 heavy (non-hydrogen) atoms. The number of thiazole rings is 1. The van der Waals surface area contributed by atoms with E-state index >= 15 is 0 Å². The fraction of sp³-hybridized carbons (Fsp3) is 0.167. The SMILES string of the molecule is COc1cc(/C=c2\sc3nc4cccnc4n3c2=O)cc(OC)c1OC. The molecule has 4 aromatic rings. The molecule has 4 rings (SSSR count). The van der Waals surface area contributed by atoms with Crippen LogP contribution in [0.15, 0.2) is 35.3 Å². The smallest absolute Gasteiger partial charge is 0.276 e. The minimum Gasteiger partial charge on any atom is -0.493 e. The molecule has 8 heteroatoms. The van der Waals surface area contributed by atoms with Crippen molar-refractivity contribution in [2.45, 2.75) is 0 Å². The number of methoxy groups -OCH3 is 3. The average Bonchev–Trinajstić information content (AvgIpc) is 3.17. The summed E-state index contributed by atoms with van der Waals surface area (Å²) in [7, 11) is 4.65. The molecule has 1 aromatic carbocycles. The van der Waals surface area contributed by atoms with Crippen LogP contribution in [0.2, 0.25) is 0 Å². The third-order valence-corrected chi connectivity index (χ3v) is 4.95. The van der Waals surface area contributed by atoms with Gasteiger partial charge in [-0.2, -0.15) is 0 Å². The van der Waals surface area contributed by atoms with Crippen LogP contribution < -0.4 is 24.3 Å². The van der Waals surface area contributed by atoms with Crippen LogP contribution in [0.4, 0.5) is 0 Å². The number of fused-ring (bicyclic) bond motifs is 3. The standard InChI is InChI=1S/C18H15N3O4S/c1-23-12-7-10(8-13(24-2)15(12)25-3)9-14-17(22)21-16-11(5-4-6-19-16)20-18(21)26-14/h4-9H,1-3H3/b14-9-. The first-order valence-corrected chi connectivity index (χ1v) is 8.55. The van der Waals surface area contributed by atoms with Gasteiger partial charge in [0.25, 0.3) is 5.56 Å². The minimum absolute atomic E-state index is 0.153. The van der Waals surface area contributed by atoms with Crippen molar-refractivity contribution < 1.29 is 14.2 Å². The highest BCUT2D eigenvalue weighted by Gasteiger charge is 2.14. The molecule has 0 saturated heterocycles. The molecule has 0 fully saturated rings. The van der Waals surface area contributed by atoms with Crippen molar-refractivity contribution >= 4 is 33.5 Å². The third-order valence-electron chi connectivity index (χ3n) is 3.99. The molecule has 3 heterocycles. The molecule has 132 valence electrons. The zero-order valence-electron chi connectivity index (χ0n) is 14.3. The monoisotopic (exact) mass is 369 g/mol. The van der Waals surface area contributed by atoms with E-state index in [4.69, 9.17) is 14.2 Å². The quantitative estimate of drug-likeness (QED) is 0.547. The van der Waals surface area contributed by atoms with E-state index < -0.39 is 0 Å². The lowest BCUT2D eigenvalue weighted by Crippen LogP contribution is -2.22. The number of imidazole rings is 1. The number of hydrogen-bond acceptors (Lipinski definition) is 7. The number of pyridine rings is 1. The Hall–Kier alpha value is -3.13. The predicted molar refractivity (Wildman–Crippen MR) is 99.5 cm³/mol. The van der Waals surface area contributed by atoms with Gasteiger partial charge in [0.15, 0.2) is 22.1 Å². The maximum atomic E-state index is 12.8. The summed E-state index contributed by atoms with van der Waals surface area (Å²) in [6.45, 7) is 0. The van der Waals surface area contributed by atoms with Gasteiger partial charge in [-0.05, 0) is 35.9 Å². The van der Waals surface area contributed by atoms with E-state index in [1.54, 1.807) is 51.8 Å². The highest BCUT2D eigenvalue weighted by molar-refractivity contribution is 7.15. The zero-order valence-corrected chi connectivity index (χ0v) is 15.2. The number of benzene rings is 1. The van der Waals surface area contributed by atoms with Crippen molar-refractivity contribution in [3.63, 3.8) is 0 Å². The molecule has 0 N–H and O–H groups in total. The number of aromatic nitrogens is 3. The van der Waals surface area contributed by atoms with Gasteiger partial charge in [-0.3, -0.25) is 4.79 Å². The Morgan fingerprint density at radius 2 is 1.85 bits per heavy atom. The number of hydrogen-bond donors (Lipinski definition) is 0. The molecule has 0 atom stereocenters. The topological polar surface area (TPSA) is 75.0 Å². The van der Waals surface area contributed by atoms with Crippen LogP contribution >= 0.6 is 11.3 Å². The van der Waals surface area contributed by atoms with Crippen LogP contribution in [0.5, 0.6) is 17.2 Å². The number of rotatable bonds is 4. The minimum atomic E-state index is -0.153. The predicted octanol–water partition coefficient (Wildman–Crippen LogP) is 1.88. The summed E-state index contributed by atoms with van der Waals surface area (Å²) in [5.74, 6) is 1.56. The van der Waals surface area contributed by atoms with E-state index in [0.29, 0.717) is 37.9 Å². The molecule has 0 radical (unpaired) electrons. The lowest BCUT2D eigenvalue weighted by atomic mass is 10.1. The third kappa shape index (κ3) is 2.46. The first-order chi connectivity index (χ1) is 12.7. The highest BCUT2D eigenvalue weighted by Crippen LogP contribution is 2.38. The molecular formula is C18H15N3O4S. The number of ether oxygens (including phenoxy) is 3. The summed E-state index contributed by atoms with van der Waals surface area (Å²) < 4.78 is 18.1. The zero-order chi connectivity index (χ0) is 18.3. The Labute approximate surface area is 152 Å². The van der Waals surface area contributed by atoms with E-state index in [0.717, 1.165) is 5.56 Å².